The van der Waals surface area contributed by atoms with Gasteiger partial charge in [-0.05, 0) is 17.5 Å². The number of nitrogens with zero attached hydrogens (tertiary/aromatic N) is 1. The Balaban J connectivity index is 2.73. The predicted molar refractivity (Wildman–Crippen MR) is 54.2 cm³/mol. The van der Waals surface area contributed by atoms with Gasteiger partial charge in [0, 0.05) is 5.39 Å². The summed E-state index contributed by atoms with van der Waals surface area (Å²) in [5.74, 6) is 0.562. The normalized spacial score (nSPS) is 10.4. The van der Waals surface area contributed by atoms with Crippen LogP contribution in [0.2, 0.25) is 0 Å². The van der Waals surface area contributed by atoms with Gasteiger partial charge in [0.25, 0.3) is 0 Å². The van der Waals surface area contributed by atoms with Crippen molar-refractivity contribution in [3.05, 3.63) is 36.0 Å². The van der Waals surface area contributed by atoms with Gasteiger partial charge in [-0.15, -0.1) is 0 Å². The van der Waals surface area contributed by atoms with E-state index in [1.807, 2.05) is 30.3 Å². The molecular formula is C11H11NO2. The molecule has 0 fully saturated rings. The van der Waals surface area contributed by atoms with Gasteiger partial charge in [-0.3, -0.25) is 0 Å². The number of pyridine rings is 1. The molecule has 0 atom stereocenters. The van der Waals surface area contributed by atoms with Crippen LogP contribution < -0.4 is 4.74 Å². The fourth-order valence-electron chi connectivity index (χ4n) is 1.46. The summed E-state index contributed by atoms with van der Waals surface area (Å²) in [5, 5.41) is 11.0. The number of hydrogen-bond acceptors (Lipinski definition) is 3. The van der Waals surface area contributed by atoms with Crippen LogP contribution >= 0.6 is 0 Å². The van der Waals surface area contributed by atoms with Crippen molar-refractivity contribution in [1.82, 2.24) is 4.98 Å². The minimum Gasteiger partial charge on any atom is -0.481 e. The van der Waals surface area contributed by atoms with Crippen LogP contribution in [0.1, 0.15) is 5.69 Å². The first-order chi connectivity index (χ1) is 6.85. The molecular weight excluding hydrogens is 178 g/mol. The molecule has 0 saturated heterocycles. The molecule has 3 nitrogen and oxygen atoms in total. The van der Waals surface area contributed by atoms with Gasteiger partial charge in [0.1, 0.15) is 0 Å². The fourth-order valence-corrected chi connectivity index (χ4v) is 1.46. The lowest BCUT2D eigenvalue weighted by Crippen LogP contribution is -1.94. The van der Waals surface area contributed by atoms with Crippen molar-refractivity contribution in [2.24, 2.45) is 0 Å². The molecule has 72 valence electrons. The van der Waals surface area contributed by atoms with E-state index in [9.17, 15) is 0 Å². The molecule has 0 aliphatic rings. The first-order valence-electron chi connectivity index (χ1n) is 4.38. The zero-order valence-electron chi connectivity index (χ0n) is 7.90. The van der Waals surface area contributed by atoms with Crippen molar-refractivity contribution in [2.75, 3.05) is 7.11 Å². The lowest BCUT2D eigenvalue weighted by atomic mass is 10.1. The number of fused-ring (bicyclic) bond motifs is 1. The molecule has 0 unspecified atom stereocenters. The maximum atomic E-state index is 9.00. The quantitative estimate of drug-likeness (QED) is 0.782. The van der Waals surface area contributed by atoms with E-state index in [0.717, 1.165) is 10.8 Å². The number of rotatable bonds is 2. The second-order valence-electron chi connectivity index (χ2n) is 3.00. The zero-order valence-corrected chi connectivity index (χ0v) is 7.90. The Kier molecular flexibility index (Phi) is 2.33. The van der Waals surface area contributed by atoms with Crippen LogP contribution in [0, 0.1) is 0 Å². The van der Waals surface area contributed by atoms with Crippen LogP contribution in [0.15, 0.2) is 30.3 Å². The molecule has 1 aromatic carbocycles. The molecule has 0 aliphatic heterocycles. The average molecular weight is 189 g/mol. The summed E-state index contributed by atoms with van der Waals surface area (Å²) in [6.07, 6.45) is 0. The van der Waals surface area contributed by atoms with Crippen LogP contribution in [0.4, 0.5) is 0 Å². The summed E-state index contributed by atoms with van der Waals surface area (Å²) in [6.45, 7) is -0.0683. The highest BCUT2D eigenvalue weighted by atomic mass is 16.5. The Morgan fingerprint density at radius 2 is 2.14 bits per heavy atom. The molecule has 3 heteroatoms. The minimum absolute atomic E-state index is 0.0683. The number of aliphatic hydroxyl groups is 1. The lowest BCUT2D eigenvalue weighted by molar-refractivity contribution is 0.275. The van der Waals surface area contributed by atoms with Crippen LogP contribution in [0.5, 0.6) is 5.88 Å². The Morgan fingerprint density at radius 1 is 1.36 bits per heavy atom. The van der Waals surface area contributed by atoms with E-state index in [4.69, 9.17) is 9.84 Å². The maximum absolute atomic E-state index is 9.00. The molecule has 0 bridgehead atoms. The second-order valence-corrected chi connectivity index (χ2v) is 3.00. The molecule has 0 radical (unpaired) electrons. The SMILES string of the molecule is COc1nc(CO)cc2ccccc12. The molecule has 2 rings (SSSR count). The number of hydrogen-bond donors (Lipinski definition) is 1. The van der Waals surface area contributed by atoms with Crippen LogP contribution in [0.3, 0.4) is 0 Å². The van der Waals surface area contributed by atoms with E-state index in [1.165, 1.54) is 0 Å². The lowest BCUT2D eigenvalue weighted by Gasteiger charge is -2.06. The van der Waals surface area contributed by atoms with E-state index in [2.05, 4.69) is 4.98 Å². The van der Waals surface area contributed by atoms with Crippen molar-refractivity contribution < 1.29 is 9.84 Å². The predicted octanol–water partition coefficient (Wildman–Crippen LogP) is 1.74. The fraction of sp³-hybridized carbons (Fsp3) is 0.182. The van der Waals surface area contributed by atoms with Gasteiger partial charge in [-0.2, -0.15) is 0 Å². The van der Waals surface area contributed by atoms with Crippen LogP contribution in [-0.2, 0) is 6.61 Å². The van der Waals surface area contributed by atoms with Gasteiger partial charge < -0.3 is 9.84 Å². The monoisotopic (exact) mass is 189 g/mol. The molecule has 14 heavy (non-hydrogen) atoms. The van der Waals surface area contributed by atoms with Gasteiger partial charge in [-0.25, -0.2) is 4.98 Å². The molecule has 0 spiro atoms. The number of aliphatic hydroxyl groups excluding tert-OH is 1. The Hall–Kier alpha value is -1.61. The first-order valence-corrected chi connectivity index (χ1v) is 4.38. The maximum Gasteiger partial charge on any atom is 0.221 e. The summed E-state index contributed by atoms with van der Waals surface area (Å²) < 4.78 is 5.15. The number of aromatic nitrogens is 1. The van der Waals surface area contributed by atoms with Crippen molar-refractivity contribution in [2.45, 2.75) is 6.61 Å². The Bertz CT molecular complexity index is 454. The minimum atomic E-state index is -0.0683. The van der Waals surface area contributed by atoms with Crippen molar-refractivity contribution in [3.63, 3.8) is 0 Å². The molecule has 1 aromatic heterocycles. The number of benzene rings is 1. The first kappa shape index (κ1) is 8.97. The Labute approximate surface area is 82.0 Å². The molecule has 1 heterocycles. The van der Waals surface area contributed by atoms with E-state index >= 15 is 0 Å². The average Bonchev–Trinajstić information content (AvgIpc) is 2.27. The van der Waals surface area contributed by atoms with Gasteiger partial charge in [-0.1, -0.05) is 18.2 Å². The van der Waals surface area contributed by atoms with Crippen molar-refractivity contribution in [1.29, 1.82) is 0 Å². The molecule has 0 amide bonds. The highest BCUT2D eigenvalue weighted by Gasteiger charge is 2.04. The summed E-state index contributed by atoms with van der Waals surface area (Å²) >= 11 is 0. The molecule has 0 saturated carbocycles. The van der Waals surface area contributed by atoms with Crippen LogP contribution in [-0.4, -0.2) is 17.2 Å². The molecule has 1 N–H and O–H groups in total. The highest BCUT2D eigenvalue weighted by Crippen LogP contribution is 2.23. The third kappa shape index (κ3) is 1.42. The zero-order chi connectivity index (χ0) is 9.97. The van der Waals surface area contributed by atoms with Gasteiger partial charge >= 0.3 is 0 Å². The standard InChI is InChI=1S/C11H11NO2/c1-14-11-10-5-3-2-4-8(10)6-9(7-13)12-11/h2-6,13H,7H2,1H3. The number of methoxy groups -OCH3 is 1. The van der Waals surface area contributed by atoms with E-state index < -0.39 is 0 Å². The van der Waals surface area contributed by atoms with Crippen molar-refractivity contribution >= 4 is 10.8 Å². The van der Waals surface area contributed by atoms with Crippen molar-refractivity contribution in [3.8, 4) is 5.88 Å². The Morgan fingerprint density at radius 3 is 2.86 bits per heavy atom. The van der Waals surface area contributed by atoms with Gasteiger partial charge in [0.05, 0.1) is 19.4 Å². The summed E-state index contributed by atoms with van der Waals surface area (Å²) in [7, 11) is 1.58. The van der Waals surface area contributed by atoms with E-state index in [1.54, 1.807) is 7.11 Å². The van der Waals surface area contributed by atoms with E-state index in [-0.39, 0.29) is 6.61 Å². The van der Waals surface area contributed by atoms with Gasteiger partial charge in [0.15, 0.2) is 0 Å². The largest absolute Gasteiger partial charge is 0.481 e. The summed E-state index contributed by atoms with van der Waals surface area (Å²) in [6, 6.07) is 9.66. The highest BCUT2D eigenvalue weighted by molar-refractivity contribution is 5.87. The summed E-state index contributed by atoms with van der Waals surface area (Å²) in [5.41, 5.74) is 0.626. The smallest absolute Gasteiger partial charge is 0.221 e. The third-order valence-corrected chi connectivity index (χ3v) is 2.11. The number of ether oxygens (including phenoxy) is 1. The second kappa shape index (κ2) is 3.64. The van der Waals surface area contributed by atoms with E-state index in [0.29, 0.717) is 11.6 Å². The third-order valence-electron chi connectivity index (χ3n) is 2.11. The topological polar surface area (TPSA) is 42.4 Å². The van der Waals surface area contributed by atoms with Gasteiger partial charge in [0.2, 0.25) is 5.88 Å². The molecule has 2 aromatic rings. The summed E-state index contributed by atoms with van der Waals surface area (Å²) in [4.78, 5) is 4.17. The molecule has 0 aliphatic carbocycles. The van der Waals surface area contributed by atoms with Crippen LogP contribution in [0.25, 0.3) is 10.8 Å².